The predicted octanol–water partition coefficient (Wildman–Crippen LogP) is 3.05. The van der Waals surface area contributed by atoms with Gasteiger partial charge in [0, 0.05) is 55.6 Å². The number of aromatic nitrogens is 2. The molecule has 0 saturated heterocycles. The molecule has 0 atom stereocenters. The van der Waals surface area contributed by atoms with E-state index in [1.165, 1.54) is 11.3 Å². The molecule has 1 amide bonds. The van der Waals surface area contributed by atoms with Gasteiger partial charge in [-0.2, -0.15) is 5.10 Å². The first kappa shape index (κ1) is 19.2. The van der Waals surface area contributed by atoms with Gasteiger partial charge in [-0.05, 0) is 30.7 Å². The SMILES string of the molecule is Cc1c(CN2CCOc3ccc(C(=O)NCc4ccccc4)cc3C2)cnn1C. The summed E-state index contributed by atoms with van der Waals surface area (Å²) in [5.41, 5.74) is 5.16. The minimum atomic E-state index is -0.0736. The average molecular weight is 390 g/mol. The van der Waals surface area contributed by atoms with Crippen molar-refractivity contribution >= 4 is 5.91 Å². The van der Waals surface area contributed by atoms with Crippen molar-refractivity contribution in [2.24, 2.45) is 7.05 Å². The van der Waals surface area contributed by atoms with Crippen molar-refractivity contribution < 1.29 is 9.53 Å². The van der Waals surface area contributed by atoms with E-state index in [0.717, 1.165) is 36.5 Å². The highest BCUT2D eigenvalue weighted by Crippen LogP contribution is 2.25. The summed E-state index contributed by atoms with van der Waals surface area (Å²) in [6.45, 7) is 5.61. The smallest absolute Gasteiger partial charge is 0.251 e. The van der Waals surface area contributed by atoms with Gasteiger partial charge in [0.15, 0.2) is 0 Å². The van der Waals surface area contributed by atoms with Gasteiger partial charge in [0.2, 0.25) is 0 Å². The number of benzene rings is 2. The number of amides is 1. The zero-order valence-electron chi connectivity index (χ0n) is 16.9. The molecule has 1 aliphatic heterocycles. The Hall–Kier alpha value is -3.12. The highest BCUT2D eigenvalue weighted by molar-refractivity contribution is 5.94. The summed E-state index contributed by atoms with van der Waals surface area (Å²) in [5.74, 6) is 0.783. The fraction of sp³-hybridized carbons (Fsp3) is 0.304. The predicted molar refractivity (Wildman–Crippen MR) is 112 cm³/mol. The van der Waals surface area contributed by atoms with Crippen molar-refractivity contribution in [3.05, 3.63) is 82.7 Å². The number of carbonyl (C=O) groups excluding carboxylic acids is 1. The molecule has 6 heteroatoms. The molecule has 2 heterocycles. The van der Waals surface area contributed by atoms with Gasteiger partial charge >= 0.3 is 0 Å². The Bertz CT molecular complexity index is 997. The molecule has 0 spiro atoms. The molecule has 150 valence electrons. The van der Waals surface area contributed by atoms with Crippen LogP contribution in [0.15, 0.2) is 54.7 Å². The fourth-order valence-corrected chi connectivity index (χ4v) is 3.55. The van der Waals surface area contributed by atoms with E-state index in [4.69, 9.17) is 4.74 Å². The van der Waals surface area contributed by atoms with E-state index in [9.17, 15) is 4.79 Å². The molecule has 0 unspecified atom stereocenters. The van der Waals surface area contributed by atoms with Gasteiger partial charge in [0.1, 0.15) is 12.4 Å². The normalized spacial score (nSPS) is 14.0. The Morgan fingerprint density at radius 1 is 1.21 bits per heavy atom. The Labute approximate surface area is 171 Å². The van der Waals surface area contributed by atoms with Crippen LogP contribution >= 0.6 is 0 Å². The number of nitrogens with zero attached hydrogens (tertiary/aromatic N) is 3. The van der Waals surface area contributed by atoms with Gasteiger partial charge in [0.25, 0.3) is 5.91 Å². The molecule has 1 aromatic heterocycles. The zero-order chi connectivity index (χ0) is 20.2. The van der Waals surface area contributed by atoms with Crippen molar-refractivity contribution in [1.82, 2.24) is 20.0 Å². The van der Waals surface area contributed by atoms with Crippen LogP contribution in [0.1, 0.15) is 32.7 Å². The molecule has 0 aliphatic carbocycles. The maximum absolute atomic E-state index is 12.6. The number of hydrogen-bond donors (Lipinski definition) is 1. The van der Waals surface area contributed by atoms with Crippen molar-refractivity contribution in [2.45, 2.75) is 26.6 Å². The van der Waals surface area contributed by atoms with Crippen LogP contribution in [0.2, 0.25) is 0 Å². The first-order chi connectivity index (χ1) is 14.1. The number of fused-ring (bicyclic) bond motifs is 1. The van der Waals surface area contributed by atoms with Crippen LogP contribution in [0.3, 0.4) is 0 Å². The molecule has 1 N–H and O–H groups in total. The lowest BCUT2D eigenvalue weighted by molar-refractivity contribution is 0.0950. The summed E-state index contributed by atoms with van der Waals surface area (Å²) < 4.78 is 7.82. The molecule has 4 rings (SSSR count). The molecule has 29 heavy (non-hydrogen) atoms. The summed E-state index contributed by atoms with van der Waals surface area (Å²) in [6.07, 6.45) is 1.93. The minimum Gasteiger partial charge on any atom is -0.492 e. The maximum Gasteiger partial charge on any atom is 0.251 e. The summed E-state index contributed by atoms with van der Waals surface area (Å²) >= 11 is 0. The molecule has 0 radical (unpaired) electrons. The lowest BCUT2D eigenvalue weighted by Gasteiger charge is -2.19. The molecular formula is C23H26N4O2. The van der Waals surface area contributed by atoms with Crippen LogP contribution in [0, 0.1) is 6.92 Å². The van der Waals surface area contributed by atoms with E-state index in [2.05, 4.69) is 22.2 Å². The third kappa shape index (κ3) is 4.49. The van der Waals surface area contributed by atoms with Crippen molar-refractivity contribution in [3.8, 4) is 5.75 Å². The Kier molecular flexibility index (Phi) is 5.62. The van der Waals surface area contributed by atoms with E-state index in [1.807, 2.05) is 66.5 Å². The molecule has 0 saturated carbocycles. The van der Waals surface area contributed by atoms with Crippen LogP contribution < -0.4 is 10.1 Å². The van der Waals surface area contributed by atoms with Crippen molar-refractivity contribution in [1.29, 1.82) is 0 Å². The first-order valence-electron chi connectivity index (χ1n) is 9.88. The van der Waals surface area contributed by atoms with E-state index >= 15 is 0 Å². The van der Waals surface area contributed by atoms with E-state index in [0.29, 0.717) is 18.7 Å². The Balaban J connectivity index is 1.46. The molecule has 0 fully saturated rings. The topological polar surface area (TPSA) is 59.4 Å². The number of aryl methyl sites for hydroxylation is 1. The zero-order valence-corrected chi connectivity index (χ0v) is 16.9. The van der Waals surface area contributed by atoms with Crippen LogP contribution in [-0.4, -0.2) is 33.7 Å². The highest BCUT2D eigenvalue weighted by atomic mass is 16.5. The summed E-state index contributed by atoms with van der Waals surface area (Å²) in [6, 6.07) is 15.6. The molecular weight excluding hydrogens is 364 g/mol. The largest absolute Gasteiger partial charge is 0.492 e. The molecule has 3 aromatic rings. The average Bonchev–Trinajstić information content (AvgIpc) is 2.93. The standard InChI is InChI=1S/C23H26N4O2/c1-17-21(14-25-26(17)2)16-27-10-11-29-22-9-8-19(12-20(22)15-27)23(28)24-13-18-6-4-3-5-7-18/h3-9,12,14H,10-11,13,15-16H2,1-2H3,(H,24,28). The Morgan fingerprint density at radius 3 is 2.79 bits per heavy atom. The van der Waals surface area contributed by atoms with Gasteiger partial charge in [-0.25, -0.2) is 0 Å². The molecule has 0 bridgehead atoms. The maximum atomic E-state index is 12.6. The van der Waals surface area contributed by atoms with E-state index in [-0.39, 0.29) is 5.91 Å². The lowest BCUT2D eigenvalue weighted by atomic mass is 10.1. The lowest BCUT2D eigenvalue weighted by Crippen LogP contribution is -2.26. The van der Waals surface area contributed by atoms with Crippen molar-refractivity contribution in [3.63, 3.8) is 0 Å². The van der Waals surface area contributed by atoms with Gasteiger partial charge in [-0.1, -0.05) is 30.3 Å². The van der Waals surface area contributed by atoms with Crippen LogP contribution in [0.25, 0.3) is 0 Å². The number of hydrogen-bond acceptors (Lipinski definition) is 4. The highest BCUT2D eigenvalue weighted by Gasteiger charge is 2.19. The van der Waals surface area contributed by atoms with Crippen LogP contribution in [0.5, 0.6) is 5.75 Å². The van der Waals surface area contributed by atoms with Gasteiger partial charge < -0.3 is 10.1 Å². The number of rotatable bonds is 5. The Morgan fingerprint density at radius 2 is 2.03 bits per heavy atom. The summed E-state index contributed by atoms with van der Waals surface area (Å²) in [7, 11) is 1.96. The van der Waals surface area contributed by atoms with Gasteiger partial charge in [-0.3, -0.25) is 14.4 Å². The number of carbonyl (C=O) groups is 1. The number of ether oxygens (including phenoxy) is 1. The second kappa shape index (κ2) is 8.49. The van der Waals surface area contributed by atoms with Crippen molar-refractivity contribution in [2.75, 3.05) is 13.2 Å². The molecule has 2 aromatic carbocycles. The third-order valence-electron chi connectivity index (χ3n) is 5.41. The second-order valence-corrected chi connectivity index (χ2v) is 7.43. The second-order valence-electron chi connectivity index (χ2n) is 7.43. The summed E-state index contributed by atoms with van der Waals surface area (Å²) in [5, 5.41) is 7.33. The fourth-order valence-electron chi connectivity index (χ4n) is 3.55. The quantitative estimate of drug-likeness (QED) is 0.727. The monoisotopic (exact) mass is 390 g/mol. The van der Waals surface area contributed by atoms with Gasteiger partial charge in [-0.15, -0.1) is 0 Å². The molecule has 6 nitrogen and oxygen atoms in total. The minimum absolute atomic E-state index is 0.0736. The van der Waals surface area contributed by atoms with Crippen LogP contribution in [0.4, 0.5) is 0 Å². The molecule has 1 aliphatic rings. The summed E-state index contributed by atoms with van der Waals surface area (Å²) in [4.78, 5) is 15.0. The number of nitrogens with one attached hydrogen (secondary N) is 1. The van der Waals surface area contributed by atoms with E-state index < -0.39 is 0 Å². The van der Waals surface area contributed by atoms with Gasteiger partial charge in [0.05, 0.1) is 6.20 Å². The van der Waals surface area contributed by atoms with E-state index in [1.54, 1.807) is 0 Å². The third-order valence-corrected chi connectivity index (χ3v) is 5.41. The first-order valence-corrected chi connectivity index (χ1v) is 9.88. The van der Waals surface area contributed by atoms with Crippen LogP contribution in [-0.2, 0) is 26.7 Å².